The van der Waals surface area contributed by atoms with Crippen LogP contribution in [0.2, 0.25) is 0 Å². The minimum absolute atomic E-state index is 0.0167. The number of aryl methyl sites for hydroxylation is 1. The molecule has 0 aliphatic carbocycles. The average molecular weight is 245 g/mol. The summed E-state index contributed by atoms with van der Waals surface area (Å²) in [6.45, 7) is 0. The van der Waals surface area contributed by atoms with Crippen LogP contribution in [0.1, 0.15) is 12.2 Å². The van der Waals surface area contributed by atoms with E-state index in [0.29, 0.717) is 18.5 Å². The van der Waals surface area contributed by atoms with Gasteiger partial charge in [-0.05, 0) is 24.3 Å². The maximum Gasteiger partial charge on any atom is 0.227 e. The van der Waals surface area contributed by atoms with Crippen LogP contribution in [-0.2, 0) is 11.2 Å². The van der Waals surface area contributed by atoms with E-state index in [1.54, 1.807) is 43.6 Å². The van der Waals surface area contributed by atoms with Crippen molar-refractivity contribution < 1.29 is 14.3 Å². The molecule has 0 aliphatic rings. The largest absolute Gasteiger partial charge is 0.508 e. The van der Waals surface area contributed by atoms with Gasteiger partial charge in [0.2, 0.25) is 5.91 Å². The number of phenols is 1. The van der Waals surface area contributed by atoms with Crippen molar-refractivity contribution in [2.45, 2.75) is 12.8 Å². The van der Waals surface area contributed by atoms with E-state index in [-0.39, 0.29) is 11.7 Å². The van der Waals surface area contributed by atoms with Crippen LogP contribution in [0.5, 0.6) is 5.75 Å². The molecule has 2 aromatic rings. The molecule has 1 aromatic heterocycles. The van der Waals surface area contributed by atoms with Crippen LogP contribution < -0.4 is 4.90 Å². The first-order chi connectivity index (χ1) is 8.66. The van der Waals surface area contributed by atoms with Crippen molar-refractivity contribution in [3.63, 3.8) is 0 Å². The van der Waals surface area contributed by atoms with Crippen molar-refractivity contribution in [2.24, 2.45) is 0 Å². The van der Waals surface area contributed by atoms with Crippen LogP contribution >= 0.6 is 0 Å². The second-order valence-corrected chi connectivity index (χ2v) is 4.05. The Labute approximate surface area is 105 Å². The number of nitrogens with zero attached hydrogens (tertiary/aromatic N) is 1. The Hall–Kier alpha value is -2.23. The van der Waals surface area contributed by atoms with Crippen molar-refractivity contribution in [1.82, 2.24) is 0 Å². The van der Waals surface area contributed by atoms with Crippen LogP contribution in [0, 0.1) is 0 Å². The summed E-state index contributed by atoms with van der Waals surface area (Å²) in [4.78, 5) is 13.5. The van der Waals surface area contributed by atoms with Gasteiger partial charge in [-0.2, -0.15) is 0 Å². The predicted octanol–water partition coefficient (Wildman–Crippen LogP) is 2.58. The summed E-state index contributed by atoms with van der Waals surface area (Å²) in [7, 11) is 1.69. The van der Waals surface area contributed by atoms with Gasteiger partial charge in [0.1, 0.15) is 11.5 Å². The van der Waals surface area contributed by atoms with E-state index >= 15 is 0 Å². The molecule has 0 unspecified atom stereocenters. The normalized spacial score (nSPS) is 10.3. The minimum atomic E-state index is -0.0167. The van der Waals surface area contributed by atoms with E-state index < -0.39 is 0 Å². The van der Waals surface area contributed by atoms with Gasteiger partial charge in [0.05, 0.1) is 6.26 Å². The number of carbonyl (C=O) groups excluding carboxylic acids is 1. The van der Waals surface area contributed by atoms with Crippen molar-refractivity contribution in [3.05, 3.63) is 48.4 Å². The van der Waals surface area contributed by atoms with Gasteiger partial charge >= 0.3 is 0 Å². The molecule has 4 heteroatoms. The van der Waals surface area contributed by atoms with Crippen molar-refractivity contribution in [3.8, 4) is 5.75 Å². The fourth-order valence-corrected chi connectivity index (χ4v) is 1.70. The van der Waals surface area contributed by atoms with E-state index in [0.717, 1.165) is 5.76 Å². The van der Waals surface area contributed by atoms with E-state index in [1.807, 2.05) is 6.07 Å². The first kappa shape index (κ1) is 12.2. The first-order valence-corrected chi connectivity index (χ1v) is 5.75. The number of anilines is 1. The molecule has 0 radical (unpaired) electrons. The van der Waals surface area contributed by atoms with Gasteiger partial charge in [0.15, 0.2) is 0 Å². The number of benzene rings is 1. The van der Waals surface area contributed by atoms with Crippen LogP contribution in [0.15, 0.2) is 47.1 Å². The lowest BCUT2D eigenvalue weighted by molar-refractivity contribution is -0.118. The lowest BCUT2D eigenvalue weighted by atomic mass is 10.2. The van der Waals surface area contributed by atoms with Crippen LogP contribution in [0.4, 0.5) is 5.69 Å². The maximum atomic E-state index is 12.0. The number of phenolic OH excluding ortho intramolecular Hbond substituents is 1. The van der Waals surface area contributed by atoms with Gasteiger partial charge in [-0.15, -0.1) is 0 Å². The zero-order valence-corrected chi connectivity index (χ0v) is 10.2. The van der Waals surface area contributed by atoms with E-state index in [1.165, 1.54) is 4.90 Å². The van der Waals surface area contributed by atoms with Gasteiger partial charge in [-0.1, -0.05) is 6.07 Å². The summed E-state index contributed by atoms with van der Waals surface area (Å²) < 4.78 is 5.18. The van der Waals surface area contributed by atoms with E-state index in [9.17, 15) is 9.90 Å². The third-order valence-corrected chi connectivity index (χ3v) is 2.76. The van der Waals surface area contributed by atoms with Crippen LogP contribution in [0.3, 0.4) is 0 Å². The lowest BCUT2D eigenvalue weighted by Crippen LogP contribution is -2.26. The highest BCUT2D eigenvalue weighted by atomic mass is 16.3. The summed E-state index contributed by atoms with van der Waals surface area (Å²) in [5.41, 5.74) is 0.680. The number of hydrogen-bond donors (Lipinski definition) is 1. The van der Waals surface area contributed by atoms with Crippen LogP contribution in [0.25, 0.3) is 0 Å². The monoisotopic (exact) mass is 245 g/mol. The molecular weight excluding hydrogens is 230 g/mol. The SMILES string of the molecule is CN(C(=O)CCc1ccco1)c1cccc(O)c1. The Morgan fingerprint density at radius 2 is 2.17 bits per heavy atom. The smallest absolute Gasteiger partial charge is 0.227 e. The van der Waals surface area contributed by atoms with Gasteiger partial charge in [-0.25, -0.2) is 0 Å². The molecule has 0 fully saturated rings. The number of hydrogen-bond acceptors (Lipinski definition) is 3. The highest BCUT2D eigenvalue weighted by molar-refractivity contribution is 5.93. The summed E-state index contributed by atoms with van der Waals surface area (Å²) in [5, 5.41) is 9.37. The predicted molar refractivity (Wildman–Crippen MR) is 68.5 cm³/mol. The summed E-state index contributed by atoms with van der Waals surface area (Å²) in [6.07, 6.45) is 2.55. The molecular formula is C14H15NO3. The van der Waals surface area contributed by atoms with Crippen molar-refractivity contribution >= 4 is 11.6 Å². The van der Waals surface area contributed by atoms with Gasteiger partial charge in [0.25, 0.3) is 0 Å². The van der Waals surface area contributed by atoms with Gasteiger partial charge in [-0.3, -0.25) is 4.79 Å². The molecule has 1 heterocycles. The molecule has 1 amide bonds. The number of aromatic hydroxyl groups is 1. The summed E-state index contributed by atoms with van der Waals surface area (Å²) in [5.74, 6) is 0.933. The topological polar surface area (TPSA) is 53.7 Å². The molecule has 0 spiro atoms. The lowest BCUT2D eigenvalue weighted by Gasteiger charge is -2.17. The molecule has 0 atom stereocenters. The minimum Gasteiger partial charge on any atom is -0.508 e. The fraction of sp³-hybridized carbons (Fsp3) is 0.214. The molecule has 0 bridgehead atoms. The van der Waals surface area contributed by atoms with Gasteiger partial charge < -0.3 is 14.4 Å². The molecule has 0 saturated carbocycles. The molecule has 2 rings (SSSR count). The zero-order chi connectivity index (χ0) is 13.0. The highest BCUT2D eigenvalue weighted by Crippen LogP contribution is 2.19. The summed E-state index contributed by atoms with van der Waals surface area (Å²) >= 11 is 0. The molecule has 0 saturated heterocycles. The molecule has 0 aliphatic heterocycles. The second-order valence-electron chi connectivity index (χ2n) is 4.05. The number of amides is 1. The maximum absolute atomic E-state index is 12.0. The van der Waals surface area contributed by atoms with E-state index in [2.05, 4.69) is 0 Å². The van der Waals surface area contributed by atoms with Gasteiger partial charge in [0, 0.05) is 31.6 Å². The second kappa shape index (κ2) is 5.40. The molecule has 1 aromatic carbocycles. The Kier molecular flexibility index (Phi) is 3.67. The molecule has 4 nitrogen and oxygen atoms in total. The Morgan fingerprint density at radius 1 is 1.33 bits per heavy atom. The Balaban J connectivity index is 1.96. The molecule has 18 heavy (non-hydrogen) atoms. The van der Waals surface area contributed by atoms with Crippen molar-refractivity contribution in [1.29, 1.82) is 0 Å². The number of rotatable bonds is 4. The summed E-state index contributed by atoms with van der Waals surface area (Å²) in [6, 6.07) is 10.3. The average Bonchev–Trinajstić information content (AvgIpc) is 2.88. The number of carbonyl (C=O) groups is 1. The Bertz CT molecular complexity index is 520. The van der Waals surface area contributed by atoms with Crippen molar-refractivity contribution in [2.75, 3.05) is 11.9 Å². The number of furan rings is 1. The zero-order valence-electron chi connectivity index (χ0n) is 10.2. The highest BCUT2D eigenvalue weighted by Gasteiger charge is 2.11. The quantitative estimate of drug-likeness (QED) is 0.900. The molecule has 1 N–H and O–H groups in total. The molecule has 94 valence electrons. The van der Waals surface area contributed by atoms with E-state index in [4.69, 9.17) is 4.42 Å². The fourth-order valence-electron chi connectivity index (χ4n) is 1.70. The van der Waals surface area contributed by atoms with Crippen LogP contribution in [-0.4, -0.2) is 18.1 Å². The Morgan fingerprint density at radius 3 is 2.83 bits per heavy atom. The first-order valence-electron chi connectivity index (χ1n) is 5.75. The third kappa shape index (κ3) is 2.91. The third-order valence-electron chi connectivity index (χ3n) is 2.76. The standard InChI is InChI=1S/C14H15NO3/c1-15(11-4-2-5-12(16)10-11)14(17)8-7-13-6-3-9-18-13/h2-6,9-10,16H,7-8H2,1H3.